The summed E-state index contributed by atoms with van der Waals surface area (Å²) in [6, 6.07) is 9.23. The number of carbonyl (C=O) groups excluding carboxylic acids is 1. The van der Waals surface area contributed by atoms with Crippen molar-refractivity contribution < 1.29 is 9.53 Å². The zero-order chi connectivity index (χ0) is 20.2. The van der Waals surface area contributed by atoms with Crippen molar-refractivity contribution in [2.75, 3.05) is 52.4 Å². The van der Waals surface area contributed by atoms with Gasteiger partial charge in [0.1, 0.15) is 0 Å². The Morgan fingerprint density at radius 1 is 1.21 bits per heavy atom. The second kappa shape index (κ2) is 14.6. The van der Waals surface area contributed by atoms with Crippen LogP contribution in [0.3, 0.4) is 0 Å². The molecule has 1 aliphatic heterocycles. The number of hydrogen-bond acceptors (Lipinski definition) is 4. The van der Waals surface area contributed by atoms with Crippen LogP contribution in [0.25, 0.3) is 0 Å². The van der Waals surface area contributed by atoms with Crippen molar-refractivity contribution in [2.24, 2.45) is 10.9 Å². The van der Waals surface area contributed by atoms with E-state index < -0.39 is 0 Å². The number of nitrogens with one attached hydrogen (secondary N) is 3. The zero-order valence-corrected chi connectivity index (χ0v) is 20.1. The first-order valence-electron chi connectivity index (χ1n) is 10.3. The fourth-order valence-corrected chi connectivity index (χ4v) is 3.16. The molecular formula is C21H36IN5O2. The van der Waals surface area contributed by atoms with E-state index in [1.54, 1.807) is 12.1 Å². The largest absolute Gasteiger partial charge is 0.374 e. The molecule has 0 radical (unpaired) electrons. The van der Waals surface area contributed by atoms with Gasteiger partial charge in [-0.3, -0.25) is 14.7 Å². The topological polar surface area (TPSA) is 78.0 Å². The van der Waals surface area contributed by atoms with Crippen LogP contribution in [-0.2, 0) is 4.74 Å². The van der Waals surface area contributed by atoms with Gasteiger partial charge in [-0.05, 0) is 25.0 Å². The fourth-order valence-electron chi connectivity index (χ4n) is 3.16. The van der Waals surface area contributed by atoms with E-state index in [1.807, 2.05) is 25.1 Å². The first-order chi connectivity index (χ1) is 13.6. The third-order valence-electron chi connectivity index (χ3n) is 4.38. The van der Waals surface area contributed by atoms with Crippen LogP contribution in [0.2, 0.25) is 0 Å². The van der Waals surface area contributed by atoms with E-state index in [4.69, 9.17) is 4.74 Å². The van der Waals surface area contributed by atoms with Crippen LogP contribution in [0.15, 0.2) is 35.3 Å². The lowest BCUT2D eigenvalue weighted by Gasteiger charge is -2.33. The van der Waals surface area contributed by atoms with Crippen molar-refractivity contribution in [3.8, 4) is 0 Å². The summed E-state index contributed by atoms with van der Waals surface area (Å²) in [6.07, 6.45) is 0.126. The maximum atomic E-state index is 12.0. The lowest BCUT2D eigenvalue weighted by molar-refractivity contribution is -0.0261. The number of nitrogens with zero attached hydrogens (tertiary/aromatic N) is 2. The molecule has 1 aliphatic rings. The molecule has 0 aromatic heterocycles. The molecule has 2 rings (SSSR count). The molecule has 0 aliphatic carbocycles. The van der Waals surface area contributed by atoms with Crippen LogP contribution in [0, 0.1) is 5.92 Å². The number of hydrogen-bond donors (Lipinski definition) is 3. The third kappa shape index (κ3) is 10.3. The minimum atomic E-state index is -0.0646. The number of benzene rings is 1. The molecule has 8 heteroatoms. The van der Waals surface area contributed by atoms with E-state index in [2.05, 4.69) is 39.7 Å². The molecule has 1 aromatic rings. The fraction of sp³-hybridized carbons (Fsp3) is 0.619. The average Bonchev–Trinajstić information content (AvgIpc) is 2.69. The lowest BCUT2D eigenvalue weighted by Crippen LogP contribution is -2.46. The Bertz CT molecular complexity index is 612. The summed E-state index contributed by atoms with van der Waals surface area (Å²) >= 11 is 0. The van der Waals surface area contributed by atoms with Gasteiger partial charge in [-0.15, -0.1) is 24.0 Å². The first kappa shape index (κ1) is 25.6. The van der Waals surface area contributed by atoms with E-state index in [9.17, 15) is 4.79 Å². The summed E-state index contributed by atoms with van der Waals surface area (Å²) in [5, 5.41) is 9.42. The second-order valence-electron chi connectivity index (χ2n) is 7.41. The van der Waals surface area contributed by atoms with Crippen molar-refractivity contribution in [1.82, 2.24) is 20.9 Å². The maximum absolute atomic E-state index is 12.0. The van der Waals surface area contributed by atoms with Gasteiger partial charge in [0, 0.05) is 44.8 Å². The van der Waals surface area contributed by atoms with E-state index in [-0.39, 0.29) is 36.0 Å². The monoisotopic (exact) mass is 517 g/mol. The molecule has 0 saturated carbocycles. The Balaban J connectivity index is 0.00000420. The molecule has 3 N–H and O–H groups in total. The summed E-state index contributed by atoms with van der Waals surface area (Å²) in [7, 11) is 0. The number of amides is 1. The molecule has 0 bridgehead atoms. The van der Waals surface area contributed by atoms with Crippen molar-refractivity contribution in [3.63, 3.8) is 0 Å². The van der Waals surface area contributed by atoms with Crippen LogP contribution >= 0.6 is 24.0 Å². The molecule has 1 fully saturated rings. The van der Waals surface area contributed by atoms with Crippen LogP contribution in [0.4, 0.5) is 0 Å². The molecule has 1 saturated heterocycles. The molecule has 1 atom stereocenters. The summed E-state index contributed by atoms with van der Waals surface area (Å²) < 4.78 is 5.86. The molecular weight excluding hydrogens is 481 g/mol. The van der Waals surface area contributed by atoms with Gasteiger partial charge in [-0.1, -0.05) is 32.0 Å². The Kier molecular flexibility index (Phi) is 12.9. The highest BCUT2D eigenvalue weighted by Crippen LogP contribution is 2.08. The summed E-state index contributed by atoms with van der Waals surface area (Å²) in [4.78, 5) is 19.2. The van der Waals surface area contributed by atoms with Gasteiger partial charge in [0.25, 0.3) is 5.91 Å². The van der Waals surface area contributed by atoms with Crippen molar-refractivity contribution >= 4 is 35.8 Å². The molecule has 1 aromatic carbocycles. The van der Waals surface area contributed by atoms with Crippen LogP contribution in [0.1, 0.15) is 31.1 Å². The molecule has 1 unspecified atom stereocenters. The average molecular weight is 517 g/mol. The molecule has 0 spiro atoms. The molecule has 1 amide bonds. The van der Waals surface area contributed by atoms with Crippen LogP contribution < -0.4 is 16.0 Å². The van der Waals surface area contributed by atoms with E-state index in [0.29, 0.717) is 31.1 Å². The quantitative estimate of drug-likeness (QED) is 0.202. The number of halogens is 1. The second-order valence-corrected chi connectivity index (χ2v) is 7.41. The lowest BCUT2D eigenvalue weighted by atomic mass is 10.2. The smallest absolute Gasteiger partial charge is 0.251 e. The Labute approximate surface area is 192 Å². The van der Waals surface area contributed by atoms with Crippen molar-refractivity contribution in [3.05, 3.63) is 35.9 Å². The molecule has 7 nitrogen and oxygen atoms in total. The number of guanidine groups is 1. The van der Waals surface area contributed by atoms with Gasteiger partial charge in [-0.2, -0.15) is 0 Å². The number of morpholine rings is 1. The minimum Gasteiger partial charge on any atom is -0.374 e. The standard InChI is InChI=1S/C21H35N5O2.HI/c1-4-22-21(24-11-10-23-20(27)18-8-6-5-7-9-18)25-14-19-16-26(12-13-28-19)15-17(2)3;/h5-9,17,19H,4,10-16H2,1-3H3,(H,23,27)(H2,22,24,25);1H. The third-order valence-corrected chi connectivity index (χ3v) is 4.38. The van der Waals surface area contributed by atoms with Gasteiger partial charge in [0.2, 0.25) is 0 Å². The zero-order valence-electron chi connectivity index (χ0n) is 17.8. The predicted octanol–water partition coefficient (Wildman–Crippen LogP) is 1.95. The minimum absolute atomic E-state index is 0. The number of aliphatic imine (C=N–C) groups is 1. The predicted molar refractivity (Wildman–Crippen MR) is 129 cm³/mol. The van der Waals surface area contributed by atoms with Gasteiger partial charge < -0.3 is 20.7 Å². The van der Waals surface area contributed by atoms with Crippen LogP contribution in [-0.4, -0.2) is 75.3 Å². The van der Waals surface area contributed by atoms with E-state index >= 15 is 0 Å². The Hall–Kier alpha value is -1.39. The van der Waals surface area contributed by atoms with Gasteiger partial charge in [0.15, 0.2) is 5.96 Å². The van der Waals surface area contributed by atoms with E-state index in [0.717, 1.165) is 38.7 Å². The van der Waals surface area contributed by atoms with E-state index in [1.165, 1.54) is 0 Å². The Morgan fingerprint density at radius 2 is 1.93 bits per heavy atom. The van der Waals surface area contributed by atoms with Gasteiger partial charge in [0.05, 0.1) is 19.3 Å². The summed E-state index contributed by atoms with van der Waals surface area (Å²) in [5.41, 5.74) is 0.670. The van der Waals surface area contributed by atoms with Crippen molar-refractivity contribution in [1.29, 1.82) is 0 Å². The van der Waals surface area contributed by atoms with Gasteiger partial charge >= 0.3 is 0 Å². The first-order valence-corrected chi connectivity index (χ1v) is 10.3. The molecule has 29 heavy (non-hydrogen) atoms. The maximum Gasteiger partial charge on any atom is 0.251 e. The highest BCUT2D eigenvalue weighted by molar-refractivity contribution is 14.0. The molecule has 1 heterocycles. The molecule has 164 valence electrons. The normalized spacial score (nSPS) is 17.5. The SMILES string of the molecule is CCNC(=NCC1CN(CC(C)C)CCO1)NCCNC(=O)c1ccccc1.I. The van der Waals surface area contributed by atoms with Gasteiger partial charge in [-0.25, -0.2) is 0 Å². The summed E-state index contributed by atoms with van der Waals surface area (Å²) in [5.74, 6) is 1.35. The van der Waals surface area contributed by atoms with Crippen LogP contribution in [0.5, 0.6) is 0 Å². The Morgan fingerprint density at radius 3 is 2.62 bits per heavy atom. The highest BCUT2D eigenvalue weighted by atomic mass is 127. The number of carbonyl (C=O) groups is 1. The highest BCUT2D eigenvalue weighted by Gasteiger charge is 2.20. The number of rotatable bonds is 9. The number of ether oxygens (including phenoxy) is 1. The van der Waals surface area contributed by atoms with Crippen molar-refractivity contribution in [2.45, 2.75) is 26.9 Å². The summed E-state index contributed by atoms with van der Waals surface area (Å²) in [6.45, 7) is 12.9.